The van der Waals surface area contributed by atoms with E-state index in [2.05, 4.69) is 4.72 Å². The van der Waals surface area contributed by atoms with Crippen molar-refractivity contribution in [1.82, 2.24) is 4.72 Å². The Bertz CT molecular complexity index is 921. The van der Waals surface area contributed by atoms with Crippen molar-refractivity contribution in [1.29, 1.82) is 0 Å². The van der Waals surface area contributed by atoms with Crippen molar-refractivity contribution in [2.75, 3.05) is 13.7 Å². The molecule has 27 heavy (non-hydrogen) atoms. The van der Waals surface area contributed by atoms with Gasteiger partial charge in [0.05, 0.1) is 17.1 Å². The first-order chi connectivity index (χ1) is 12.8. The van der Waals surface area contributed by atoms with E-state index in [0.717, 1.165) is 0 Å². The summed E-state index contributed by atoms with van der Waals surface area (Å²) in [6.07, 6.45) is -1.03. The zero-order valence-corrected chi connectivity index (χ0v) is 16.1. The molecule has 144 valence electrons. The first-order valence-corrected chi connectivity index (χ1v) is 9.78. The molecule has 2 aromatic rings. The lowest BCUT2D eigenvalue weighted by molar-refractivity contribution is 0.0318. The van der Waals surface area contributed by atoms with E-state index < -0.39 is 22.1 Å². The standard InChI is InChI=1S/C19H21NO6S/c1-4-25-16-10-8-14(9-11-16)18(21)13(2)26-19(22)15-6-5-7-17(12-15)27(23,24)20-3/h5-13,20H,4H2,1-3H3/t13-/m1/s1. The highest BCUT2D eigenvalue weighted by atomic mass is 32.2. The Labute approximate surface area is 158 Å². The van der Waals surface area contributed by atoms with Gasteiger partial charge in [-0.3, -0.25) is 4.79 Å². The van der Waals surface area contributed by atoms with E-state index in [9.17, 15) is 18.0 Å². The summed E-state index contributed by atoms with van der Waals surface area (Å²) in [5.41, 5.74) is 0.419. The van der Waals surface area contributed by atoms with Crippen molar-refractivity contribution in [3.8, 4) is 5.75 Å². The molecule has 0 fully saturated rings. The highest BCUT2D eigenvalue weighted by molar-refractivity contribution is 7.89. The Morgan fingerprint density at radius 2 is 1.74 bits per heavy atom. The molecule has 1 atom stereocenters. The van der Waals surface area contributed by atoms with E-state index in [0.29, 0.717) is 17.9 Å². The molecule has 0 aliphatic rings. The summed E-state index contributed by atoms with van der Waals surface area (Å²) in [4.78, 5) is 24.7. The zero-order chi connectivity index (χ0) is 20.0. The summed E-state index contributed by atoms with van der Waals surface area (Å²) in [5, 5.41) is 0. The first-order valence-electron chi connectivity index (χ1n) is 8.30. The van der Waals surface area contributed by atoms with Crippen molar-refractivity contribution in [3.05, 3.63) is 59.7 Å². The molecule has 0 spiro atoms. The third kappa shape index (κ3) is 5.15. The third-order valence-corrected chi connectivity index (χ3v) is 5.16. The molecule has 0 saturated heterocycles. The lowest BCUT2D eigenvalue weighted by atomic mass is 10.1. The van der Waals surface area contributed by atoms with Gasteiger partial charge in [0.2, 0.25) is 15.8 Å². The number of carbonyl (C=O) groups is 2. The molecule has 2 rings (SSSR count). The summed E-state index contributed by atoms with van der Waals surface area (Å²) in [6, 6.07) is 11.9. The van der Waals surface area contributed by atoms with Crippen molar-refractivity contribution < 1.29 is 27.5 Å². The van der Waals surface area contributed by atoms with Crippen LogP contribution in [0.1, 0.15) is 34.6 Å². The van der Waals surface area contributed by atoms with Crippen LogP contribution in [0, 0.1) is 0 Å². The van der Waals surface area contributed by atoms with Crippen LogP contribution in [0.4, 0.5) is 0 Å². The molecule has 0 aliphatic heterocycles. The molecule has 0 aromatic heterocycles. The zero-order valence-electron chi connectivity index (χ0n) is 15.3. The van der Waals surface area contributed by atoms with Gasteiger partial charge < -0.3 is 9.47 Å². The number of nitrogens with one attached hydrogen (secondary N) is 1. The number of Topliss-reactive ketones (excluding diaryl/α,β-unsaturated/α-hetero) is 1. The Kier molecular flexibility index (Phi) is 6.70. The fourth-order valence-electron chi connectivity index (χ4n) is 2.31. The van der Waals surface area contributed by atoms with Crippen LogP contribution in [0.15, 0.2) is 53.4 Å². The predicted octanol–water partition coefficient (Wildman–Crippen LogP) is 2.42. The molecule has 0 heterocycles. The smallest absolute Gasteiger partial charge is 0.338 e. The Morgan fingerprint density at radius 1 is 1.07 bits per heavy atom. The van der Waals surface area contributed by atoms with Crippen LogP contribution in [0.3, 0.4) is 0 Å². The number of esters is 1. The van der Waals surface area contributed by atoms with Crippen LogP contribution in [0.25, 0.3) is 0 Å². The number of hydrogen-bond acceptors (Lipinski definition) is 6. The van der Waals surface area contributed by atoms with E-state index in [-0.39, 0.29) is 16.2 Å². The second-order valence-corrected chi connectivity index (χ2v) is 7.49. The molecule has 0 unspecified atom stereocenters. The molecule has 0 aliphatic carbocycles. The van der Waals surface area contributed by atoms with Gasteiger partial charge in [-0.15, -0.1) is 0 Å². The van der Waals surface area contributed by atoms with Gasteiger partial charge in [0, 0.05) is 5.56 Å². The lowest BCUT2D eigenvalue weighted by Gasteiger charge is -2.13. The second-order valence-electron chi connectivity index (χ2n) is 5.60. The minimum atomic E-state index is -3.69. The highest BCUT2D eigenvalue weighted by Crippen LogP contribution is 2.16. The number of benzene rings is 2. The number of rotatable bonds is 8. The molecular formula is C19H21NO6S. The van der Waals surface area contributed by atoms with Crippen molar-refractivity contribution in [3.63, 3.8) is 0 Å². The summed E-state index contributed by atoms with van der Waals surface area (Å²) in [5.74, 6) is -0.512. The fraction of sp³-hybridized carbons (Fsp3) is 0.263. The van der Waals surface area contributed by atoms with Crippen LogP contribution in [0.5, 0.6) is 5.75 Å². The van der Waals surface area contributed by atoms with Gasteiger partial charge in [-0.1, -0.05) is 6.07 Å². The topological polar surface area (TPSA) is 98.8 Å². The number of hydrogen-bond donors (Lipinski definition) is 1. The molecule has 7 nitrogen and oxygen atoms in total. The SMILES string of the molecule is CCOc1ccc(C(=O)[C@@H](C)OC(=O)c2cccc(S(=O)(=O)NC)c2)cc1. The van der Waals surface area contributed by atoms with E-state index >= 15 is 0 Å². The second kappa shape index (κ2) is 8.79. The van der Waals surface area contributed by atoms with Gasteiger partial charge in [-0.05, 0) is 63.4 Å². The van der Waals surface area contributed by atoms with E-state index in [1.807, 2.05) is 6.92 Å². The van der Waals surface area contributed by atoms with Crippen LogP contribution in [-0.2, 0) is 14.8 Å². The lowest BCUT2D eigenvalue weighted by Crippen LogP contribution is -2.25. The van der Waals surface area contributed by atoms with Gasteiger partial charge in [0.1, 0.15) is 5.75 Å². The molecule has 8 heteroatoms. The minimum absolute atomic E-state index is 0.0395. The van der Waals surface area contributed by atoms with Gasteiger partial charge >= 0.3 is 5.97 Å². The molecule has 2 aromatic carbocycles. The van der Waals surface area contributed by atoms with Crippen molar-refractivity contribution in [2.24, 2.45) is 0 Å². The molecule has 1 N–H and O–H groups in total. The van der Waals surface area contributed by atoms with Crippen molar-refractivity contribution in [2.45, 2.75) is 24.8 Å². The predicted molar refractivity (Wildman–Crippen MR) is 99.5 cm³/mol. The van der Waals surface area contributed by atoms with Gasteiger partial charge in [0.15, 0.2) is 6.10 Å². The first kappa shape index (κ1) is 20.6. The number of carbonyl (C=O) groups excluding carboxylic acids is 2. The third-order valence-electron chi connectivity index (χ3n) is 3.75. The minimum Gasteiger partial charge on any atom is -0.494 e. The fourth-order valence-corrected chi connectivity index (χ4v) is 3.08. The van der Waals surface area contributed by atoms with Crippen LogP contribution in [0.2, 0.25) is 0 Å². The maximum Gasteiger partial charge on any atom is 0.338 e. The molecule has 0 radical (unpaired) electrons. The molecule has 0 saturated carbocycles. The maximum absolute atomic E-state index is 12.4. The van der Waals surface area contributed by atoms with E-state index in [4.69, 9.17) is 9.47 Å². The van der Waals surface area contributed by atoms with Crippen molar-refractivity contribution >= 4 is 21.8 Å². The average molecular weight is 391 g/mol. The van der Waals surface area contributed by atoms with Crippen LogP contribution < -0.4 is 9.46 Å². The normalized spacial score (nSPS) is 12.3. The van der Waals surface area contributed by atoms with Crippen LogP contribution >= 0.6 is 0 Å². The Hall–Kier alpha value is -2.71. The Morgan fingerprint density at radius 3 is 2.33 bits per heavy atom. The Balaban J connectivity index is 2.11. The summed E-state index contributed by atoms with van der Waals surface area (Å²) in [7, 11) is -2.41. The monoisotopic (exact) mass is 391 g/mol. The highest BCUT2D eigenvalue weighted by Gasteiger charge is 2.22. The quantitative estimate of drug-likeness (QED) is 0.548. The summed E-state index contributed by atoms with van der Waals surface area (Å²) >= 11 is 0. The summed E-state index contributed by atoms with van der Waals surface area (Å²) < 4.78 is 36.4. The van der Waals surface area contributed by atoms with Gasteiger partial charge in [-0.2, -0.15) is 0 Å². The average Bonchev–Trinajstić information content (AvgIpc) is 2.68. The number of ether oxygens (including phenoxy) is 2. The molecule has 0 bridgehead atoms. The van der Waals surface area contributed by atoms with Gasteiger partial charge in [0.25, 0.3) is 0 Å². The van der Waals surface area contributed by atoms with Crippen LogP contribution in [-0.4, -0.2) is 39.9 Å². The van der Waals surface area contributed by atoms with E-state index in [1.165, 1.54) is 38.2 Å². The van der Waals surface area contributed by atoms with Gasteiger partial charge in [-0.25, -0.2) is 17.9 Å². The number of ketones is 1. The molecule has 0 amide bonds. The van der Waals surface area contributed by atoms with E-state index in [1.54, 1.807) is 24.3 Å². The summed E-state index contributed by atoms with van der Waals surface area (Å²) in [6.45, 7) is 3.84. The largest absolute Gasteiger partial charge is 0.494 e. The number of sulfonamides is 1. The maximum atomic E-state index is 12.4. The molecular weight excluding hydrogens is 370 g/mol.